The van der Waals surface area contributed by atoms with Gasteiger partial charge in [0.2, 0.25) is 5.95 Å². The highest BCUT2D eigenvalue weighted by molar-refractivity contribution is 5.96. The van der Waals surface area contributed by atoms with Crippen molar-refractivity contribution in [2.75, 3.05) is 38.3 Å². The van der Waals surface area contributed by atoms with E-state index in [0.717, 1.165) is 12.8 Å². The highest BCUT2D eigenvalue weighted by Crippen LogP contribution is 2.37. The van der Waals surface area contributed by atoms with Crippen LogP contribution in [0.2, 0.25) is 0 Å². The van der Waals surface area contributed by atoms with E-state index in [9.17, 15) is 14.0 Å². The molecule has 2 aromatic carbocycles. The summed E-state index contributed by atoms with van der Waals surface area (Å²) in [5.74, 6) is -0.363. The molecule has 7 nitrogen and oxygen atoms in total. The third kappa shape index (κ3) is 4.14. The molecule has 170 valence electrons. The van der Waals surface area contributed by atoms with Crippen molar-refractivity contribution in [1.29, 1.82) is 0 Å². The van der Waals surface area contributed by atoms with E-state index in [1.807, 2.05) is 0 Å². The van der Waals surface area contributed by atoms with Crippen molar-refractivity contribution in [3.63, 3.8) is 0 Å². The predicted molar refractivity (Wildman–Crippen MR) is 124 cm³/mol. The van der Waals surface area contributed by atoms with Crippen LogP contribution in [-0.4, -0.2) is 48.9 Å². The molecule has 1 saturated carbocycles. The van der Waals surface area contributed by atoms with Crippen LogP contribution in [0.5, 0.6) is 0 Å². The lowest BCUT2D eigenvalue weighted by molar-refractivity contribution is 0.0600. The standard InChI is InChI=1S/C25H24FN3O4/c1-32-24(31)20-5-3-2-4-16(20)6-7-17-14-18(26)15-21-22(17)27-25(28-10-12-33-13-11-28)29(23(21)30)19-8-9-19/h2-7,14-15,19H,8-13H2,1H3/b7-6+. The summed E-state index contributed by atoms with van der Waals surface area (Å²) in [5, 5.41) is 0.250. The molecule has 5 rings (SSSR count). The van der Waals surface area contributed by atoms with Gasteiger partial charge in [0.15, 0.2) is 0 Å². The first-order chi connectivity index (χ1) is 16.1. The second kappa shape index (κ2) is 8.78. The number of morpholine rings is 1. The Labute approximate surface area is 190 Å². The number of anilines is 1. The normalized spacial score (nSPS) is 16.5. The Hall–Kier alpha value is -3.52. The lowest BCUT2D eigenvalue weighted by Gasteiger charge is -2.30. The summed E-state index contributed by atoms with van der Waals surface area (Å²) in [4.78, 5) is 32.5. The van der Waals surface area contributed by atoms with Gasteiger partial charge in [0, 0.05) is 24.7 Å². The number of ether oxygens (including phenoxy) is 2. The number of nitrogens with zero attached hydrogens (tertiary/aromatic N) is 3. The highest BCUT2D eigenvalue weighted by Gasteiger charge is 2.31. The maximum absolute atomic E-state index is 14.6. The highest BCUT2D eigenvalue weighted by atomic mass is 19.1. The third-order valence-electron chi connectivity index (χ3n) is 6.00. The molecule has 0 atom stereocenters. The van der Waals surface area contributed by atoms with Crippen molar-refractivity contribution in [2.45, 2.75) is 18.9 Å². The number of carbonyl (C=O) groups is 1. The summed E-state index contributed by atoms with van der Waals surface area (Å²) in [6.07, 6.45) is 5.22. The molecular formula is C25H24FN3O4. The average Bonchev–Trinajstić information content (AvgIpc) is 3.68. The fourth-order valence-electron chi connectivity index (χ4n) is 4.18. The van der Waals surface area contributed by atoms with Crippen LogP contribution >= 0.6 is 0 Å². The van der Waals surface area contributed by atoms with Gasteiger partial charge in [-0.15, -0.1) is 0 Å². The van der Waals surface area contributed by atoms with Gasteiger partial charge in [-0.05, 0) is 36.6 Å². The number of hydrogen-bond acceptors (Lipinski definition) is 6. The van der Waals surface area contributed by atoms with E-state index in [1.165, 1.54) is 19.2 Å². The molecule has 1 aliphatic carbocycles. The Kier molecular flexibility index (Phi) is 5.68. The fraction of sp³-hybridized carbons (Fsp3) is 0.320. The van der Waals surface area contributed by atoms with E-state index in [-0.39, 0.29) is 17.0 Å². The quantitative estimate of drug-likeness (QED) is 0.437. The van der Waals surface area contributed by atoms with Crippen LogP contribution in [0.15, 0.2) is 41.2 Å². The first-order valence-electron chi connectivity index (χ1n) is 11.0. The number of hydrogen-bond donors (Lipinski definition) is 0. The molecule has 8 heteroatoms. The largest absolute Gasteiger partial charge is 0.465 e. The minimum absolute atomic E-state index is 0.0986. The van der Waals surface area contributed by atoms with Crippen LogP contribution in [0.4, 0.5) is 10.3 Å². The van der Waals surface area contributed by atoms with Gasteiger partial charge in [0.05, 0.1) is 36.8 Å². The maximum Gasteiger partial charge on any atom is 0.338 e. The Morgan fingerprint density at radius 3 is 2.61 bits per heavy atom. The topological polar surface area (TPSA) is 73.7 Å². The van der Waals surface area contributed by atoms with E-state index < -0.39 is 11.8 Å². The van der Waals surface area contributed by atoms with Gasteiger partial charge in [-0.1, -0.05) is 30.4 Å². The molecule has 0 amide bonds. The van der Waals surface area contributed by atoms with Gasteiger partial charge in [0.1, 0.15) is 5.82 Å². The molecule has 3 aromatic rings. The predicted octanol–water partition coefficient (Wildman–Crippen LogP) is 3.66. The molecule has 0 spiro atoms. The lowest BCUT2D eigenvalue weighted by atomic mass is 10.0. The van der Waals surface area contributed by atoms with Crippen molar-refractivity contribution in [3.05, 3.63) is 69.3 Å². The van der Waals surface area contributed by atoms with Crippen LogP contribution in [0.1, 0.15) is 40.4 Å². The number of fused-ring (bicyclic) bond motifs is 1. The smallest absolute Gasteiger partial charge is 0.338 e. The zero-order chi connectivity index (χ0) is 22.9. The lowest BCUT2D eigenvalue weighted by Crippen LogP contribution is -2.40. The van der Waals surface area contributed by atoms with Crippen molar-refractivity contribution in [3.8, 4) is 0 Å². The van der Waals surface area contributed by atoms with Crippen LogP contribution in [0.3, 0.4) is 0 Å². The molecule has 0 radical (unpaired) electrons. The number of rotatable bonds is 5. The number of methoxy groups -OCH3 is 1. The van der Waals surface area contributed by atoms with Gasteiger partial charge < -0.3 is 14.4 Å². The summed E-state index contributed by atoms with van der Waals surface area (Å²) in [6, 6.07) is 9.70. The SMILES string of the molecule is COC(=O)c1ccccc1/C=C/c1cc(F)cc2c(=O)n(C3CC3)c(N3CCOCC3)nc12. The monoisotopic (exact) mass is 449 g/mol. The number of carbonyl (C=O) groups excluding carboxylic acids is 1. The minimum Gasteiger partial charge on any atom is -0.465 e. The molecular weight excluding hydrogens is 425 g/mol. The maximum atomic E-state index is 14.6. The van der Waals surface area contributed by atoms with E-state index in [0.29, 0.717) is 54.5 Å². The van der Waals surface area contributed by atoms with Crippen LogP contribution < -0.4 is 10.5 Å². The first kappa shape index (κ1) is 21.3. The van der Waals surface area contributed by atoms with E-state index >= 15 is 0 Å². The Morgan fingerprint density at radius 2 is 1.88 bits per heavy atom. The molecule has 33 heavy (non-hydrogen) atoms. The van der Waals surface area contributed by atoms with Crippen molar-refractivity contribution < 1.29 is 18.7 Å². The zero-order valence-corrected chi connectivity index (χ0v) is 18.3. The van der Waals surface area contributed by atoms with E-state index in [4.69, 9.17) is 14.5 Å². The van der Waals surface area contributed by atoms with Crippen molar-refractivity contribution in [1.82, 2.24) is 9.55 Å². The molecule has 1 saturated heterocycles. The Bertz CT molecular complexity index is 1310. The fourth-order valence-corrected chi connectivity index (χ4v) is 4.18. The zero-order valence-electron chi connectivity index (χ0n) is 18.3. The molecule has 0 unspecified atom stereocenters. The molecule has 0 N–H and O–H groups in total. The van der Waals surface area contributed by atoms with Gasteiger partial charge in [0.25, 0.3) is 5.56 Å². The molecule has 2 fully saturated rings. The van der Waals surface area contributed by atoms with Crippen molar-refractivity contribution in [2.24, 2.45) is 0 Å². The molecule has 2 aliphatic rings. The first-order valence-corrected chi connectivity index (χ1v) is 11.0. The van der Waals surface area contributed by atoms with Crippen LogP contribution in [0.25, 0.3) is 23.1 Å². The second-order valence-electron chi connectivity index (χ2n) is 8.22. The third-order valence-corrected chi connectivity index (χ3v) is 6.00. The molecule has 1 aromatic heterocycles. The van der Waals surface area contributed by atoms with Gasteiger partial charge >= 0.3 is 5.97 Å². The number of halogens is 1. The van der Waals surface area contributed by atoms with Gasteiger partial charge in [-0.3, -0.25) is 9.36 Å². The van der Waals surface area contributed by atoms with E-state index in [1.54, 1.807) is 41.0 Å². The number of benzene rings is 2. The second-order valence-corrected chi connectivity index (χ2v) is 8.22. The number of aromatic nitrogens is 2. The summed E-state index contributed by atoms with van der Waals surface area (Å²) < 4.78 is 26.6. The van der Waals surface area contributed by atoms with Crippen LogP contribution in [-0.2, 0) is 9.47 Å². The summed E-state index contributed by atoms with van der Waals surface area (Å²) in [5.41, 5.74) is 1.70. The average molecular weight is 449 g/mol. The van der Waals surface area contributed by atoms with Crippen molar-refractivity contribution >= 4 is 35.0 Å². The molecule has 1 aliphatic heterocycles. The summed E-state index contributed by atoms with van der Waals surface area (Å²) >= 11 is 0. The Morgan fingerprint density at radius 1 is 1.15 bits per heavy atom. The molecule has 2 heterocycles. The molecule has 0 bridgehead atoms. The summed E-state index contributed by atoms with van der Waals surface area (Å²) in [7, 11) is 1.32. The van der Waals surface area contributed by atoms with Gasteiger partial charge in [-0.2, -0.15) is 0 Å². The van der Waals surface area contributed by atoms with E-state index in [2.05, 4.69) is 4.90 Å². The van der Waals surface area contributed by atoms with Gasteiger partial charge in [-0.25, -0.2) is 14.2 Å². The van der Waals surface area contributed by atoms with Crippen LogP contribution in [0, 0.1) is 5.82 Å². The Balaban J connectivity index is 1.66. The number of esters is 1. The summed E-state index contributed by atoms with van der Waals surface area (Å²) in [6.45, 7) is 2.42. The minimum atomic E-state index is -0.510.